The number of hydrogen-bond donors (Lipinski definition) is 2. The number of aryl methyl sites for hydroxylation is 1. The van der Waals surface area contributed by atoms with E-state index in [2.05, 4.69) is 10.4 Å². The molecule has 0 aliphatic rings. The van der Waals surface area contributed by atoms with Gasteiger partial charge in [0.05, 0.1) is 17.2 Å². The molecule has 0 spiro atoms. The average Bonchev–Trinajstić information content (AvgIpc) is 3.07. The van der Waals surface area contributed by atoms with Gasteiger partial charge in [-0.3, -0.25) is 4.79 Å². The number of rotatable bonds is 4. The van der Waals surface area contributed by atoms with Crippen molar-refractivity contribution in [2.75, 3.05) is 11.1 Å². The molecule has 1 amide bonds. The van der Waals surface area contributed by atoms with E-state index in [1.54, 1.807) is 6.21 Å². The van der Waals surface area contributed by atoms with Gasteiger partial charge in [0.1, 0.15) is 16.9 Å². The zero-order chi connectivity index (χ0) is 22.1. The summed E-state index contributed by atoms with van der Waals surface area (Å²) in [6.07, 6.45) is 1.69. The first-order chi connectivity index (χ1) is 15.6. The molecule has 0 radical (unpaired) electrons. The number of hydrogen-bond acceptors (Lipinski definition) is 5. The number of nitrogens with two attached hydrogens (primary N) is 1. The Hall–Kier alpha value is -4.52. The fourth-order valence-electron chi connectivity index (χ4n) is 3.58. The summed E-state index contributed by atoms with van der Waals surface area (Å²) in [5.74, 6) is -0.194. The summed E-state index contributed by atoms with van der Waals surface area (Å²) >= 11 is 0. The van der Waals surface area contributed by atoms with Crippen molar-refractivity contribution in [1.29, 1.82) is 0 Å². The second-order valence-corrected chi connectivity index (χ2v) is 7.44. The van der Waals surface area contributed by atoms with Crippen molar-refractivity contribution < 1.29 is 4.79 Å². The quantitative estimate of drug-likeness (QED) is 0.415. The number of nitrogens with one attached hydrogen (secondary N) is 1. The Bertz CT molecular complexity index is 1490. The third-order valence-corrected chi connectivity index (χ3v) is 5.10. The molecule has 5 aromatic rings. The Morgan fingerprint density at radius 1 is 0.969 bits per heavy atom. The van der Waals surface area contributed by atoms with Gasteiger partial charge in [0.15, 0.2) is 5.65 Å². The van der Waals surface area contributed by atoms with Crippen LogP contribution in [0, 0.1) is 6.92 Å². The molecule has 7 nitrogen and oxygen atoms in total. The highest BCUT2D eigenvalue weighted by molar-refractivity contribution is 6.16. The number of carbonyl (C=O) groups excluding carboxylic acids is 1. The van der Waals surface area contributed by atoms with Crippen molar-refractivity contribution in [3.8, 4) is 0 Å². The van der Waals surface area contributed by atoms with Crippen LogP contribution in [0.5, 0.6) is 0 Å². The molecule has 0 bridgehead atoms. The molecule has 0 unspecified atom stereocenters. The Morgan fingerprint density at radius 3 is 2.44 bits per heavy atom. The number of nitrogen functional groups attached to an aromatic ring is 1. The van der Waals surface area contributed by atoms with E-state index < -0.39 is 0 Å². The van der Waals surface area contributed by atoms with Crippen molar-refractivity contribution in [1.82, 2.24) is 14.6 Å². The van der Waals surface area contributed by atoms with E-state index in [0.29, 0.717) is 27.9 Å². The molecule has 0 aliphatic carbocycles. The van der Waals surface area contributed by atoms with Crippen LogP contribution in [0.15, 0.2) is 84.0 Å². The molecule has 156 valence electrons. The standard InChI is InChI=1S/C25H20N6O/c1-16-8-7-9-17(14-16)15-27-31-23(26)21(25(32)28-18-10-3-2-4-11-18)22-24(31)30-20-13-6-5-12-19(20)29-22/h2-15H,26H2,1H3,(H,28,32)/b27-15+. The fourth-order valence-corrected chi connectivity index (χ4v) is 3.58. The van der Waals surface area contributed by atoms with Crippen LogP contribution in [0.3, 0.4) is 0 Å². The van der Waals surface area contributed by atoms with Crippen LogP contribution in [0.2, 0.25) is 0 Å². The highest BCUT2D eigenvalue weighted by atomic mass is 16.1. The zero-order valence-corrected chi connectivity index (χ0v) is 17.4. The van der Waals surface area contributed by atoms with Gasteiger partial charge in [0.2, 0.25) is 0 Å². The van der Waals surface area contributed by atoms with Crippen LogP contribution in [-0.4, -0.2) is 26.8 Å². The Morgan fingerprint density at radius 2 is 1.69 bits per heavy atom. The minimum absolute atomic E-state index is 0.174. The molecule has 7 heteroatoms. The van der Waals surface area contributed by atoms with Crippen molar-refractivity contribution in [2.45, 2.75) is 6.92 Å². The number of anilines is 2. The predicted octanol–water partition coefficient (Wildman–Crippen LogP) is 4.61. The van der Waals surface area contributed by atoms with Crippen molar-refractivity contribution in [3.63, 3.8) is 0 Å². The summed E-state index contributed by atoms with van der Waals surface area (Å²) in [5.41, 5.74) is 11.6. The Kier molecular flexibility index (Phi) is 4.84. The molecule has 0 fully saturated rings. The highest BCUT2D eigenvalue weighted by Crippen LogP contribution is 2.28. The molecular formula is C25H20N6O. The lowest BCUT2D eigenvalue weighted by Crippen LogP contribution is -2.14. The van der Waals surface area contributed by atoms with E-state index in [9.17, 15) is 4.79 Å². The molecule has 3 N–H and O–H groups in total. The first-order valence-corrected chi connectivity index (χ1v) is 10.1. The SMILES string of the molecule is Cc1cccc(/C=N/n2c(N)c(C(=O)Nc3ccccc3)c3nc4ccccc4nc32)c1. The third kappa shape index (κ3) is 3.56. The summed E-state index contributed by atoms with van der Waals surface area (Å²) in [6, 6.07) is 24.6. The molecule has 2 heterocycles. The van der Waals surface area contributed by atoms with E-state index in [1.165, 1.54) is 4.68 Å². The van der Waals surface area contributed by atoms with E-state index in [-0.39, 0.29) is 17.3 Å². The van der Waals surface area contributed by atoms with Gasteiger partial charge in [-0.2, -0.15) is 9.78 Å². The van der Waals surface area contributed by atoms with Crippen LogP contribution in [0.25, 0.3) is 22.2 Å². The fraction of sp³-hybridized carbons (Fsp3) is 0.0400. The normalized spacial score (nSPS) is 11.4. The number of carbonyl (C=O) groups is 1. The molecule has 0 saturated carbocycles. The third-order valence-electron chi connectivity index (χ3n) is 5.10. The van der Waals surface area contributed by atoms with Gasteiger partial charge in [-0.05, 0) is 36.8 Å². The van der Waals surface area contributed by atoms with Crippen LogP contribution >= 0.6 is 0 Å². The summed E-state index contributed by atoms with van der Waals surface area (Å²) in [6.45, 7) is 2.01. The predicted molar refractivity (Wildman–Crippen MR) is 128 cm³/mol. The van der Waals surface area contributed by atoms with E-state index in [1.807, 2.05) is 85.8 Å². The minimum atomic E-state index is -0.368. The number of benzene rings is 3. The number of para-hydroxylation sites is 3. The van der Waals surface area contributed by atoms with Gasteiger partial charge in [-0.1, -0.05) is 60.2 Å². The van der Waals surface area contributed by atoms with Crippen LogP contribution in [0.4, 0.5) is 11.5 Å². The molecule has 0 saturated heterocycles. The van der Waals surface area contributed by atoms with Crippen molar-refractivity contribution >= 4 is 45.8 Å². The van der Waals surface area contributed by atoms with Gasteiger partial charge in [-0.15, -0.1) is 0 Å². The van der Waals surface area contributed by atoms with Gasteiger partial charge in [-0.25, -0.2) is 9.97 Å². The smallest absolute Gasteiger partial charge is 0.261 e. The number of aromatic nitrogens is 3. The molecule has 3 aromatic carbocycles. The van der Waals surface area contributed by atoms with E-state index in [4.69, 9.17) is 15.7 Å². The molecule has 0 atom stereocenters. The lowest BCUT2D eigenvalue weighted by molar-refractivity contribution is 0.102. The first kappa shape index (κ1) is 19.4. The largest absolute Gasteiger partial charge is 0.383 e. The molecule has 2 aromatic heterocycles. The van der Waals surface area contributed by atoms with Crippen LogP contribution in [0.1, 0.15) is 21.5 Å². The maximum Gasteiger partial charge on any atom is 0.261 e. The van der Waals surface area contributed by atoms with Gasteiger partial charge in [0, 0.05) is 5.69 Å². The highest BCUT2D eigenvalue weighted by Gasteiger charge is 2.24. The van der Waals surface area contributed by atoms with E-state index >= 15 is 0 Å². The number of fused-ring (bicyclic) bond motifs is 2. The Balaban J connectivity index is 1.68. The summed E-state index contributed by atoms with van der Waals surface area (Å²) in [7, 11) is 0. The first-order valence-electron chi connectivity index (χ1n) is 10.1. The van der Waals surface area contributed by atoms with Crippen LogP contribution < -0.4 is 11.1 Å². The lowest BCUT2D eigenvalue weighted by Gasteiger charge is -2.05. The summed E-state index contributed by atoms with van der Waals surface area (Å²) in [4.78, 5) is 22.6. The van der Waals surface area contributed by atoms with Gasteiger partial charge < -0.3 is 11.1 Å². The maximum atomic E-state index is 13.2. The zero-order valence-electron chi connectivity index (χ0n) is 17.4. The molecular weight excluding hydrogens is 400 g/mol. The molecule has 0 aliphatic heterocycles. The Labute approximate surface area is 184 Å². The van der Waals surface area contributed by atoms with Crippen LogP contribution in [-0.2, 0) is 0 Å². The topological polar surface area (TPSA) is 98.2 Å². The number of nitrogens with zero attached hydrogens (tertiary/aromatic N) is 4. The monoisotopic (exact) mass is 420 g/mol. The number of amides is 1. The second kappa shape index (κ2) is 7.96. The molecule has 32 heavy (non-hydrogen) atoms. The average molecular weight is 420 g/mol. The summed E-state index contributed by atoms with van der Waals surface area (Å²) < 4.78 is 1.47. The van der Waals surface area contributed by atoms with E-state index in [0.717, 1.165) is 11.1 Å². The lowest BCUT2D eigenvalue weighted by atomic mass is 10.2. The van der Waals surface area contributed by atoms with Gasteiger partial charge in [0.25, 0.3) is 5.91 Å². The van der Waals surface area contributed by atoms with Crippen molar-refractivity contribution in [2.24, 2.45) is 5.10 Å². The van der Waals surface area contributed by atoms with Gasteiger partial charge >= 0.3 is 0 Å². The maximum absolute atomic E-state index is 13.2. The molecule has 5 rings (SSSR count). The second-order valence-electron chi connectivity index (χ2n) is 7.44. The minimum Gasteiger partial charge on any atom is -0.383 e. The van der Waals surface area contributed by atoms with Crippen molar-refractivity contribution in [3.05, 3.63) is 95.6 Å². The summed E-state index contributed by atoms with van der Waals surface area (Å²) in [5, 5.41) is 7.43.